The molecule has 2 aromatic rings. The highest BCUT2D eigenvalue weighted by atomic mass is 16.5. The second kappa shape index (κ2) is 9.34. The van der Waals surface area contributed by atoms with Crippen molar-refractivity contribution >= 4 is 29.5 Å². The Kier molecular flexibility index (Phi) is 6.17. The summed E-state index contributed by atoms with van der Waals surface area (Å²) < 4.78 is 6.04. The Morgan fingerprint density at radius 3 is 2.66 bits per heavy atom. The van der Waals surface area contributed by atoms with Crippen LogP contribution in [0, 0.1) is 5.92 Å². The monoisotopic (exact) mass is 428 g/mol. The topological polar surface area (TPSA) is 91.8 Å². The summed E-state index contributed by atoms with van der Waals surface area (Å²) in [7, 11) is 0. The van der Waals surface area contributed by atoms with Crippen LogP contribution in [0.5, 0.6) is 5.75 Å². The van der Waals surface area contributed by atoms with Crippen molar-refractivity contribution in [2.75, 3.05) is 11.9 Å². The average Bonchev–Trinajstić information content (AvgIpc) is 3.21. The van der Waals surface area contributed by atoms with Gasteiger partial charge in [0.05, 0.1) is 12.3 Å². The third kappa shape index (κ3) is 5.13. The number of hydrogen-bond donors (Lipinski definition) is 3. The second-order valence-corrected chi connectivity index (χ2v) is 7.60. The SMILES string of the molecule is C=C1C=C(C(=O)Nc2ccc(CCOc3ccccc3C3=CC(C)C=N3)cc2)NC(=O)N1. The Morgan fingerprint density at radius 1 is 1.16 bits per heavy atom. The quantitative estimate of drug-likeness (QED) is 0.622. The van der Waals surface area contributed by atoms with Gasteiger partial charge in [0.2, 0.25) is 0 Å². The summed E-state index contributed by atoms with van der Waals surface area (Å²) in [6.45, 7) is 6.26. The molecule has 32 heavy (non-hydrogen) atoms. The third-order valence-corrected chi connectivity index (χ3v) is 4.98. The minimum atomic E-state index is -0.481. The number of allylic oxidation sites excluding steroid dienone is 2. The largest absolute Gasteiger partial charge is 0.493 e. The maximum atomic E-state index is 12.3. The van der Waals surface area contributed by atoms with Crippen LogP contribution in [-0.4, -0.2) is 24.8 Å². The molecule has 2 heterocycles. The number of nitrogens with zero attached hydrogens (tertiary/aromatic N) is 1. The fraction of sp³-hybridized carbons (Fsp3) is 0.160. The van der Waals surface area contributed by atoms with Crippen molar-refractivity contribution in [1.29, 1.82) is 0 Å². The van der Waals surface area contributed by atoms with Crippen molar-refractivity contribution in [1.82, 2.24) is 10.6 Å². The van der Waals surface area contributed by atoms with Gasteiger partial charge in [-0.2, -0.15) is 0 Å². The van der Waals surface area contributed by atoms with Gasteiger partial charge >= 0.3 is 6.03 Å². The fourth-order valence-electron chi connectivity index (χ4n) is 3.40. The normalized spacial score (nSPS) is 17.2. The number of carbonyl (C=O) groups is 2. The zero-order valence-corrected chi connectivity index (χ0v) is 17.7. The molecule has 0 saturated carbocycles. The van der Waals surface area contributed by atoms with Crippen LogP contribution in [0.25, 0.3) is 5.70 Å². The molecule has 2 aliphatic rings. The molecule has 1 atom stereocenters. The van der Waals surface area contributed by atoms with E-state index in [2.05, 4.69) is 40.5 Å². The molecule has 0 radical (unpaired) electrons. The lowest BCUT2D eigenvalue weighted by atomic mass is 10.1. The van der Waals surface area contributed by atoms with Crippen molar-refractivity contribution in [3.63, 3.8) is 0 Å². The summed E-state index contributed by atoms with van der Waals surface area (Å²) in [5, 5.41) is 7.69. The number of benzene rings is 2. The predicted octanol–water partition coefficient (Wildman–Crippen LogP) is 4.02. The van der Waals surface area contributed by atoms with Gasteiger partial charge < -0.3 is 20.7 Å². The molecule has 7 nitrogen and oxygen atoms in total. The first-order valence-electron chi connectivity index (χ1n) is 10.3. The van der Waals surface area contributed by atoms with E-state index < -0.39 is 11.9 Å². The highest BCUT2D eigenvalue weighted by molar-refractivity contribution is 6.07. The molecule has 0 aromatic heterocycles. The smallest absolute Gasteiger partial charge is 0.323 e. The molecule has 1 unspecified atom stereocenters. The molecule has 162 valence electrons. The molecule has 3 amide bonds. The van der Waals surface area contributed by atoms with Gasteiger partial charge in [-0.05, 0) is 42.0 Å². The summed E-state index contributed by atoms with van der Waals surface area (Å²) >= 11 is 0. The third-order valence-electron chi connectivity index (χ3n) is 4.98. The minimum absolute atomic E-state index is 0.144. The number of anilines is 1. The summed E-state index contributed by atoms with van der Waals surface area (Å²) in [5.41, 5.74) is 4.15. The van der Waals surface area contributed by atoms with Crippen LogP contribution in [0.1, 0.15) is 18.1 Å². The van der Waals surface area contributed by atoms with Gasteiger partial charge in [-0.3, -0.25) is 9.79 Å². The molecule has 2 aliphatic heterocycles. The first-order chi connectivity index (χ1) is 15.5. The molecular weight excluding hydrogens is 404 g/mol. The highest BCUT2D eigenvalue weighted by Crippen LogP contribution is 2.30. The summed E-state index contributed by atoms with van der Waals surface area (Å²) in [6, 6.07) is 14.9. The van der Waals surface area contributed by atoms with Crippen LogP contribution >= 0.6 is 0 Å². The van der Waals surface area contributed by atoms with Gasteiger partial charge in [0.1, 0.15) is 11.4 Å². The maximum absolute atomic E-state index is 12.3. The van der Waals surface area contributed by atoms with E-state index in [4.69, 9.17) is 4.74 Å². The van der Waals surface area contributed by atoms with E-state index in [1.807, 2.05) is 54.7 Å². The molecule has 0 aliphatic carbocycles. The van der Waals surface area contributed by atoms with Gasteiger partial charge in [0, 0.05) is 35.5 Å². The number of rotatable bonds is 7. The van der Waals surface area contributed by atoms with Gasteiger partial charge in [-0.25, -0.2) is 4.79 Å². The summed E-state index contributed by atoms with van der Waals surface area (Å²) in [5.74, 6) is 0.734. The van der Waals surface area contributed by atoms with Gasteiger partial charge in [0.25, 0.3) is 5.91 Å². The Bertz CT molecular complexity index is 1150. The van der Waals surface area contributed by atoms with Crippen molar-refractivity contribution in [3.05, 3.63) is 89.8 Å². The molecule has 3 N–H and O–H groups in total. The Labute approximate surface area is 186 Å². The number of para-hydroxylation sites is 1. The molecule has 0 saturated heterocycles. The van der Waals surface area contributed by atoms with Gasteiger partial charge in [0.15, 0.2) is 0 Å². The van der Waals surface area contributed by atoms with Crippen molar-refractivity contribution in [2.24, 2.45) is 10.9 Å². The van der Waals surface area contributed by atoms with Crippen molar-refractivity contribution < 1.29 is 14.3 Å². The van der Waals surface area contributed by atoms with Crippen LogP contribution < -0.4 is 20.7 Å². The standard InChI is InChI=1S/C25H24N4O3/c1-16-13-21(26-15-16)20-5-3-4-6-23(20)32-12-11-18-7-9-19(10-8-18)28-24(30)22-14-17(2)27-25(31)29-22/h3-10,13-16H,2,11-12H2,1H3,(H,28,30)(H2,27,29,31). The molecule has 7 heteroatoms. The number of aliphatic imine (C=N–C) groups is 1. The van der Waals surface area contributed by atoms with E-state index in [-0.39, 0.29) is 5.70 Å². The Hall–Kier alpha value is -4.13. The van der Waals surface area contributed by atoms with E-state index in [1.165, 1.54) is 6.08 Å². The number of carbonyl (C=O) groups excluding carboxylic acids is 2. The summed E-state index contributed by atoms with van der Waals surface area (Å²) in [6.07, 6.45) is 6.25. The van der Waals surface area contributed by atoms with Crippen LogP contribution in [0.4, 0.5) is 10.5 Å². The highest BCUT2D eigenvalue weighted by Gasteiger charge is 2.18. The van der Waals surface area contributed by atoms with Gasteiger partial charge in [-0.1, -0.05) is 37.8 Å². The molecule has 4 rings (SSSR count). The van der Waals surface area contributed by atoms with E-state index in [1.54, 1.807) is 0 Å². The van der Waals surface area contributed by atoms with Crippen LogP contribution in [0.15, 0.2) is 83.6 Å². The number of amides is 3. The number of nitrogens with one attached hydrogen (secondary N) is 3. The zero-order valence-electron chi connectivity index (χ0n) is 17.7. The maximum Gasteiger partial charge on any atom is 0.323 e. The molecule has 2 aromatic carbocycles. The van der Waals surface area contributed by atoms with Crippen molar-refractivity contribution in [3.8, 4) is 5.75 Å². The lowest BCUT2D eigenvalue weighted by Crippen LogP contribution is -2.41. The molecule has 0 fully saturated rings. The van der Waals surface area contributed by atoms with Crippen LogP contribution in [0.3, 0.4) is 0 Å². The molecular formula is C25H24N4O3. The first kappa shape index (κ1) is 21.1. The van der Waals surface area contributed by atoms with Crippen molar-refractivity contribution in [2.45, 2.75) is 13.3 Å². The Balaban J connectivity index is 1.32. The molecule has 0 bridgehead atoms. The van der Waals surface area contributed by atoms with E-state index in [0.717, 1.165) is 22.6 Å². The van der Waals surface area contributed by atoms with Crippen LogP contribution in [-0.2, 0) is 11.2 Å². The van der Waals surface area contributed by atoms with Crippen LogP contribution in [0.2, 0.25) is 0 Å². The number of ether oxygens (including phenoxy) is 1. The lowest BCUT2D eigenvalue weighted by Gasteiger charge is -2.17. The van der Waals surface area contributed by atoms with Gasteiger partial charge in [-0.15, -0.1) is 0 Å². The minimum Gasteiger partial charge on any atom is -0.493 e. The average molecular weight is 428 g/mol. The van der Waals surface area contributed by atoms with E-state index in [9.17, 15) is 9.59 Å². The predicted molar refractivity (Wildman–Crippen MR) is 125 cm³/mol. The summed E-state index contributed by atoms with van der Waals surface area (Å²) in [4.78, 5) is 28.3. The fourth-order valence-corrected chi connectivity index (χ4v) is 3.40. The number of urea groups is 1. The molecule has 0 spiro atoms. The Morgan fingerprint density at radius 2 is 1.94 bits per heavy atom. The first-order valence-corrected chi connectivity index (χ1v) is 10.3. The zero-order chi connectivity index (χ0) is 22.5. The lowest BCUT2D eigenvalue weighted by molar-refractivity contribution is -0.113. The van der Waals surface area contributed by atoms with E-state index in [0.29, 0.717) is 30.3 Å². The van der Waals surface area contributed by atoms with E-state index >= 15 is 0 Å². The second-order valence-electron chi connectivity index (χ2n) is 7.60. The number of hydrogen-bond acceptors (Lipinski definition) is 4.